The molecule has 2 aromatic carbocycles. The van der Waals surface area contributed by atoms with E-state index in [-0.39, 0.29) is 4.90 Å². The van der Waals surface area contributed by atoms with Crippen LogP contribution in [0.3, 0.4) is 0 Å². The predicted octanol–water partition coefficient (Wildman–Crippen LogP) is 4.40. The van der Waals surface area contributed by atoms with Crippen LogP contribution in [-0.2, 0) is 10.0 Å². The van der Waals surface area contributed by atoms with Crippen molar-refractivity contribution in [3.63, 3.8) is 0 Å². The maximum atomic E-state index is 13.3. The van der Waals surface area contributed by atoms with Crippen LogP contribution in [0.15, 0.2) is 70.3 Å². The highest BCUT2D eigenvalue weighted by Gasteiger charge is 2.28. The molecule has 32 heavy (non-hydrogen) atoms. The molecule has 0 amide bonds. The largest absolute Gasteiger partial charge is 0.355 e. The molecule has 0 spiro atoms. The monoisotopic (exact) mass is 468 g/mol. The Morgan fingerprint density at radius 3 is 2.50 bits per heavy atom. The van der Waals surface area contributed by atoms with Gasteiger partial charge in [0.05, 0.1) is 10.4 Å². The van der Waals surface area contributed by atoms with Crippen molar-refractivity contribution in [1.82, 2.24) is 14.3 Å². The molecule has 0 atom stereocenters. The van der Waals surface area contributed by atoms with Crippen LogP contribution in [0.5, 0.6) is 0 Å². The number of thiophene rings is 1. The second kappa shape index (κ2) is 8.57. The lowest BCUT2D eigenvalue weighted by Gasteiger charge is -2.24. The number of halogens is 1. The molecule has 164 valence electrons. The summed E-state index contributed by atoms with van der Waals surface area (Å²) < 4.78 is 40.9. The topological polar surface area (TPSA) is 66.4 Å². The molecule has 2 aromatic heterocycles. The molecule has 0 N–H and O–H groups in total. The molecule has 0 radical (unpaired) electrons. The molecule has 1 aliphatic heterocycles. The Kier molecular flexibility index (Phi) is 5.62. The minimum atomic E-state index is -3.69. The Hall–Kier alpha value is -2.88. The number of anilines is 1. The van der Waals surface area contributed by atoms with Crippen molar-refractivity contribution < 1.29 is 12.8 Å². The van der Waals surface area contributed by atoms with Crippen LogP contribution in [0.25, 0.3) is 22.3 Å². The summed E-state index contributed by atoms with van der Waals surface area (Å²) in [6, 6.07) is 14.9. The van der Waals surface area contributed by atoms with Crippen molar-refractivity contribution >= 4 is 38.1 Å². The summed E-state index contributed by atoms with van der Waals surface area (Å²) in [5, 5.41) is 4.96. The third-order valence-corrected chi connectivity index (χ3v) is 8.16. The number of para-hydroxylation sites is 1. The normalized spacial score (nSPS) is 15.7. The molecule has 0 aliphatic carbocycles. The summed E-state index contributed by atoms with van der Waals surface area (Å²) in [4.78, 5) is 11.9. The second-order valence-electron chi connectivity index (χ2n) is 7.60. The Labute approximate surface area is 190 Å². The average Bonchev–Trinajstić information content (AvgIpc) is 3.23. The molecule has 5 rings (SSSR count). The van der Waals surface area contributed by atoms with Crippen LogP contribution in [-0.4, -0.2) is 48.9 Å². The lowest BCUT2D eigenvalue weighted by atomic mass is 10.2. The zero-order chi connectivity index (χ0) is 22.1. The minimum Gasteiger partial charge on any atom is -0.355 e. The van der Waals surface area contributed by atoms with E-state index in [4.69, 9.17) is 9.97 Å². The van der Waals surface area contributed by atoms with E-state index in [2.05, 4.69) is 4.90 Å². The van der Waals surface area contributed by atoms with Crippen molar-refractivity contribution in [2.75, 3.05) is 31.1 Å². The molecule has 6 nitrogen and oxygen atoms in total. The molecule has 0 saturated carbocycles. The van der Waals surface area contributed by atoms with Gasteiger partial charge in [-0.1, -0.05) is 12.1 Å². The quantitative estimate of drug-likeness (QED) is 0.444. The number of sulfonamides is 1. The Balaban J connectivity index is 1.46. The SMILES string of the molecule is O=S(=O)(c1ccc(F)cc1)N1CCCN(c2nc(-c3ccsc3)nc3ccccc23)CC1. The third kappa shape index (κ3) is 3.99. The highest BCUT2D eigenvalue weighted by Crippen LogP contribution is 2.29. The Bertz CT molecular complexity index is 1340. The van der Waals surface area contributed by atoms with E-state index in [1.165, 1.54) is 28.6 Å². The van der Waals surface area contributed by atoms with Crippen molar-refractivity contribution in [1.29, 1.82) is 0 Å². The Morgan fingerprint density at radius 1 is 0.906 bits per heavy atom. The first kappa shape index (κ1) is 21.0. The van der Waals surface area contributed by atoms with Crippen LogP contribution >= 0.6 is 11.3 Å². The Morgan fingerprint density at radius 2 is 1.72 bits per heavy atom. The number of benzene rings is 2. The van der Waals surface area contributed by atoms with E-state index < -0.39 is 15.8 Å². The fraction of sp³-hybridized carbons (Fsp3) is 0.217. The van der Waals surface area contributed by atoms with Crippen LogP contribution in [0.2, 0.25) is 0 Å². The van der Waals surface area contributed by atoms with E-state index >= 15 is 0 Å². The lowest BCUT2D eigenvalue weighted by molar-refractivity contribution is 0.433. The van der Waals surface area contributed by atoms with Gasteiger partial charge in [-0.2, -0.15) is 15.6 Å². The predicted molar refractivity (Wildman–Crippen MR) is 125 cm³/mol. The van der Waals surface area contributed by atoms with Crippen molar-refractivity contribution in [2.45, 2.75) is 11.3 Å². The van der Waals surface area contributed by atoms with E-state index in [0.717, 1.165) is 22.3 Å². The standard InChI is InChI=1S/C23H21FN4O2S2/c24-18-6-8-19(9-7-18)32(29,30)28-12-3-11-27(13-14-28)23-20-4-1-2-5-21(20)25-22(26-23)17-10-15-31-16-17/h1-2,4-10,15-16H,3,11-14H2. The maximum absolute atomic E-state index is 13.3. The van der Waals surface area contributed by atoms with Crippen molar-refractivity contribution in [2.24, 2.45) is 0 Å². The summed E-state index contributed by atoms with van der Waals surface area (Å²) in [5.74, 6) is 1.03. The smallest absolute Gasteiger partial charge is 0.243 e. The van der Waals surface area contributed by atoms with Gasteiger partial charge in [0, 0.05) is 42.5 Å². The molecule has 0 bridgehead atoms. The number of aromatic nitrogens is 2. The molecule has 3 heterocycles. The van der Waals surface area contributed by atoms with Gasteiger partial charge in [-0.25, -0.2) is 22.8 Å². The van der Waals surface area contributed by atoms with Crippen LogP contribution in [0.4, 0.5) is 10.2 Å². The summed E-state index contributed by atoms with van der Waals surface area (Å²) >= 11 is 1.60. The molecular weight excluding hydrogens is 447 g/mol. The summed E-state index contributed by atoms with van der Waals surface area (Å²) in [5.41, 5.74) is 1.83. The lowest BCUT2D eigenvalue weighted by Crippen LogP contribution is -2.35. The molecule has 0 unspecified atom stereocenters. The number of rotatable bonds is 4. The average molecular weight is 469 g/mol. The molecule has 1 aliphatic rings. The zero-order valence-electron chi connectivity index (χ0n) is 17.2. The van der Waals surface area contributed by atoms with Gasteiger partial charge in [-0.15, -0.1) is 0 Å². The fourth-order valence-corrected chi connectivity index (χ4v) is 6.03. The van der Waals surface area contributed by atoms with Gasteiger partial charge in [0.1, 0.15) is 11.6 Å². The molecule has 1 saturated heterocycles. The van der Waals surface area contributed by atoms with E-state index in [1.54, 1.807) is 11.3 Å². The van der Waals surface area contributed by atoms with E-state index in [9.17, 15) is 12.8 Å². The number of nitrogens with zero attached hydrogens (tertiary/aromatic N) is 4. The van der Waals surface area contributed by atoms with Gasteiger partial charge in [0.25, 0.3) is 0 Å². The summed E-state index contributed by atoms with van der Waals surface area (Å²) in [6.07, 6.45) is 0.659. The summed E-state index contributed by atoms with van der Waals surface area (Å²) in [7, 11) is -3.69. The van der Waals surface area contributed by atoms with Gasteiger partial charge in [-0.3, -0.25) is 0 Å². The zero-order valence-corrected chi connectivity index (χ0v) is 18.8. The second-order valence-corrected chi connectivity index (χ2v) is 10.3. The molecule has 1 fully saturated rings. The van der Waals surface area contributed by atoms with Crippen LogP contribution in [0.1, 0.15) is 6.42 Å². The van der Waals surface area contributed by atoms with Gasteiger partial charge in [-0.05, 0) is 54.3 Å². The molecule has 4 aromatic rings. The van der Waals surface area contributed by atoms with Crippen LogP contribution < -0.4 is 4.90 Å². The first-order chi connectivity index (χ1) is 15.5. The van der Waals surface area contributed by atoms with Gasteiger partial charge in [0.15, 0.2) is 5.82 Å². The van der Waals surface area contributed by atoms with Crippen molar-refractivity contribution in [3.05, 3.63) is 71.2 Å². The highest BCUT2D eigenvalue weighted by atomic mass is 32.2. The summed E-state index contributed by atoms with van der Waals surface area (Å²) in [6.45, 7) is 1.91. The third-order valence-electron chi connectivity index (χ3n) is 5.57. The first-order valence-corrected chi connectivity index (χ1v) is 12.7. The fourth-order valence-electron chi connectivity index (χ4n) is 3.92. The number of hydrogen-bond donors (Lipinski definition) is 0. The van der Waals surface area contributed by atoms with E-state index in [1.807, 2.05) is 41.1 Å². The number of fused-ring (bicyclic) bond motifs is 1. The first-order valence-electron chi connectivity index (χ1n) is 10.3. The molecule has 9 heteroatoms. The molecular formula is C23H21FN4O2S2. The van der Waals surface area contributed by atoms with Gasteiger partial charge < -0.3 is 4.90 Å². The van der Waals surface area contributed by atoms with Crippen LogP contribution in [0, 0.1) is 5.82 Å². The van der Waals surface area contributed by atoms with Gasteiger partial charge in [0.2, 0.25) is 10.0 Å². The van der Waals surface area contributed by atoms with Gasteiger partial charge >= 0.3 is 0 Å². The number of hydrogen-bond acceptors (Lipinski definition) is 6. The maximum Gasteiger partial charge on any atom is 0.243 e. The van der Waals surface area contributed by atoms with E-state index in [0.29, 0.717) is 38.4 Å². The highest BCUT2D eigenvalue weighted by molar-refractivity contribution is 7.89. The van der Waals surface area contributed by atoms with Crippen molar-refractivity contribution in [3.8, 4) is 11.4 Å². The minimum absolute atomic E-state index is 0.111.